The number of likely N-dealkylation sites (tertiary alicyclic amines) is 1. The van der Waals surface area contributed by atoms with E-state index in [9.17, 15) is 0 Å². The molecular formula is C17H26N2O. The third kappa shape index (κ3) is 2.57. The third-order valence-corrected chi connectivity index (χ3v) is 4.84. The van der Waals surface area contributed by atoms with Crippen LogP contribution >= 0.6 is 0 Å². The maximum Gasteiger partial charge on any atom is 0.124 e. The minimum atomic E-state index is 0.389. The molecule has 1 N–H and O–H groups in total. The Bertz CT molecular complexity index is 448. The van der Waals surface area contributed by atoms with E-state index in [1.165, 1.54) is 37.9 Å². The first-order valence-corrected chi connectivity index (χ1v) is 7.96. The Labute approximate surface area is 122 Å². The maximum atomic E-state index is 5.99. The van der Waals surface area contributed by atoms with Crippen molar-refractivity contribution in [2.24, 2.45) is 5.92 Å². The third-order valence-electron chi connectivity index (χ3n) is 4.84. The van der Waals surface area contributed by atoms with Gasteiger partial charge in [0.1, 0.15) is 12.4 Å². The number of nitrogens with zero attached hydrogens (tertiary/aromatic N) is 1. The van der Waals surface area contributed by atoms with Crippen molar-refractivity contribution in [3.8, 4) is 5.75 Å². The quantitative estimate of drug-likeness (QED) is 0.913. The number of para-hydroxylation sites is 1. The van der Waals surface area contributed by atoms with Crippen LogP contribution in [0.4, 0.5) is 0 Å². The molecule has 1 saturated heterocycles. The van der Waals surface area contributed by atoms with E-state index in [4.69, 9.17) is 4.74 Å². The fourth-order valence-electron chi connectivity index (χ4n) is 3.82. The van der Waals surface area contributed by atoms with Gasteiger partial charge in [-0.1, -0.05) is 31.5 Å². The highest BCUT2D eigenvalue weighted by molar-refractivity contribution is 5.38. The summed E-state index contributed by atoms with van der Waals surface area (Å²) in [6.45, 7) is 5.56. The summed E-state index contributed by atoms with van der Waals surface area (Å²) in [5.41, 5.74) is 1.31. The molecule has 3 unspecified atom stereocenters. The second-order valence-electron chi connectivity index (χ2n) is 6.12. The van der Waals surface area contributed by atoms with Crippen LogP contribution in [-0.4, -0.2) is 37.7 Å². The Hall–Kier alpha value is -1.06. The van der Waals surface area contributed by atoms with E-state index in [1.807, 2.05) is 0 Å². The molecular weight excluding hydrogens is 248 g/mol. The lowest BCUT2D eigenvalue weighted by Crippen LogP contribution is -2.48. The number of benzene rings is 1. The smallest absolute Gasteiger partial charge is 0.124 e. The number of likely N-dealkylation sites (N-methyl/N-ethyl adjacent to an activating group) is 1. The molecule has 110 valence electrons. The summed E-state index contributed by atoms with van der Waals surface area (Å²) in [6.07, 6.45) is 4.02. The summed E-state index contributed by atoms with van der Waals surface area (Å²) in [5.74, 6) is 1.93. The van der Waals surface area contributed by atoms with Gasteiger partial charge in [0.2, 0.25) is 0 Å². The highest BCUT2D eigenvalue weighted by Crippen LogP contribution is 2.36. The Kier molecular flexibility index (Phi) is 4.27. The number of hydrogen-bond donors (Lipinski definition) is 1. The number of fused-ring (bicyclic) bond motifs is 1. The molecule has 1 aromatic rings. The molecule has 3 rings (SSSR count). The van der Waals surface area contributed by atoms with Crippen molar-refractivity contribution in [3.63, 3.8) is 0 Å². The van der Waals surface area contributed by atoms with E-state index in [1.54, 1.807) is 0 Å². The van der Waals surface area contributed by atoms with Crippen LogP contribution in [-0.2, 0) is 0 Å². The zero-order valence-corrected chi connectivity index (χ0v) is 12.6. The maximum absolute atomic E-state index is 5.99. The van der Waals surface area contributed by atoms with Crippen molar-refractivity contribution >= 4 is 0 Å². The van der Waals surface area contributed by atoms with E-state index in [0.29, 0.717) is 12.1 Å². The second kappa shape index (κ2) is 6.15. The van der Waals surface area contributed by atoms with Crippen LogP contribution in [0.3, 0.4) is 0 Å². The zero-order chi connectivity index (χ0) is 13.9. The second-order valence-corrected chi connectivity index (χ2v) is 6.12. The highest BCUT2D eigenvalue weighted by atomic mass is 16.5. The first-order valence-electron chi connectivity index (χ1n) is 7.96. The van der Waals surface area contributed by atoms with Crippen LogP contribution in [0.25, 0.3) is 0 Å². The van der Waals surface area contributed by atoms with Gasteiger partial charge in [-0.2, -0.15) is 0 Å². The topological polar surface area (TPSA) is 24.5 Å². The van der Waals surface area contributed by atoms with Gasteiger partial charge >= 0.3 is 0 Å². The van der Waals surface area contributed by atoms with E-state index in [-0.39, 0.29) is 0 Å². The van der Waals surface area contributed by atoms with Crippen LogP contribution < -0.4 is 10.1 Å². The SMILES string of the molecule is CCCC1CCN(C2COc3ccccc3C2NC)C1. The summed E-state index contributed by atoms with van der Waals surface area (Å²) in [6, 6.07) is 9.30. The molecule has 3 atom stereocenters. The minimum Gasteiger partial charge on any atom is -0.492 e. The molecule has 0 bridgehead atoms. The lowest BCUT2D eigenvalue weighted by Gasteiger charge is -2.39. The average molecular weight is 274 g/mol. The van der Waals surface area contributed by atoms with Crippen LogP contribution in [0.5, 0.6) is 5.75 Å². The van der Waals surface area contributed by atoms with Crippen molar-refractivity contribution in [1.82, 2.24) is 10.2 Å². The molecule has 3 nitrogen and oxygen atoms in total. The van der Waals surface area contributed by atoms with E-state index >= 15 is 0 Å². The predicted octanol–water partition coefficient (Wildman–Crippen LogP) is 2.83. The zero-order valence-electron chi connectivity index (χ0n) is 12.6. The number of ether oxygens (including phenoxy) is 1. The molecule has 1 aromatic carbocycles. The Balaban J connectivity index is 1.75. The standard InChI is InChI=1S/C17H26N2O/c1-3-6-13-9-10-19(11-13)15-12-20-16-8-5-4-7-14(16)17(15)18-2/h4-5,7-8,13,15,17-18H,3,6,9-12H2,1-2H3. The van der Waals surface area contributed by atoms with Gasteiger partial charge in [-0.05, 0) is 38.4 Å². The first kappa shape index (κ1) is 13.9. The lowest BCUT2D eigenvalue weighted by molar-refractivity contribution is 0.104. The first-order chi connectivity index (χ1) is 9.83. The van der Waals surface area contributed by atoms with Crippen LogP contribution in [0.2, 0.25) is 0 Å². The van der Waals surface area contributed by atoms with Gasteiger partial charge in [-0.15, -0.1) is 0 Å². The summed E-state index contributed by atoms with van der Waals surface area (Å²) in [5, 5.41) is 3.51. The summed E-state index contributed by atoms with van der Waals surface area (Å²) >= 11 is 0. The van der Waals surface area contributed by atoms with Crippen molar-refractivity contribution in [2.75, 3.05) is 26.7 Å². The Morgan fingerprint density at radius 1 is 1.35 bits per heavy atom. The lowest BCUT2D eigenvalue weighted by atomic mass is 9.95. The van der Waals surface area contributed by atoms with Gasteiger partial charge in [0.05, 0.1) is 12.1 Å². The molecule has 2 heterocycles. The van der Waals surface area contributed by atoms with Crippen LogP contribution in [0.15, 0.2) is 24.3 Å². The van der Waals surface area contributed by atoms with Gasteiger partial charge < -0.3 is 10.1 Å². The normalized spacial score (nSPS) is 30.0. The largest absolute Gasteiger partial charge is 0.492 e. The van der Waals surface area contributed by atoms with Gasteiger partial charge in [0, 0.05) is 12.1 Å². The summed E-state index contributed by atoms with van der Waals surface area (Å²) in [7, 11) is 2.07. The van der Waals surface area contributed by atoms with Crippen molar-refractivity contribution < 1.29 is 4.74 Å². The molecule has 0 saturated carbocycles. The van der Waals surface area contributed by atoms with Crippen LogP contribution in [0.1, 0.15) is 37.8 Å². The van der Waals surface area contributed by atoms with E-state index < -0.39 is 0 Å². The summed E-state index contributed by atoms with van der Waals surface area (Å²) in [4.78, 5) is 2.64. The summed E-state index contributed by atoms with van der Waals surface area (Å²) < 4.78 is 5.99. The van der Waals surface area contributed by atoms with Gasteiger partial charge in [0.15, 0.2) is 0 Å². The molecule has 0 amide bonds. The van der Waals surface area contributed by atoms with E-state index in [0.717, 1.165) is 18.3 Å². The van der Waals surface area contributed by atoms with Gasteiger partial charge in [0.25, 0.3) is 0 Å². The number of rotatable bonds is 4. The molecule has 1 fully saturated rings. The minimum absolute atomic E-state index is 0.389. The highest BCUT2D eigenvalue weighted by Gasteiger charge is 2.36. The number of nitrogens with one attached hydrogen (secondary N) is 1. The Morgan fingerprint density at radius 2 is 2.20 bits per heavy atom. The molecule has 2 aliphatic heterocycles. The fourth-order valence-corrected chi connectivity index (χ4v) is 3.82. The van der Waals surface area contributed by atoms with Gasteiger partial charge in [-0.25, -0.2) is 0 Å². The molecule has 3 heteroatoms. The number of hydrogen-bond acceptors (Lipinski definition) is 3. The molecule has 0 aliphatic carbocycles. The Morgan fingerprint density at radius 3 is 3.00 bits per heavy atom. The van der Waals surface area contributed by atoms with Gasteiger partial charge in [-0.3, -0.25) is 4.90 Å². The van der Waals surface area contributed by atoms with Crippen molar-refractivity contribution in [3.05, 3.63) is 29.8 Å². The molecule has 0 aromatic heterocycles. The van der Waals surface area contributed by atoms with Crippen molar-refractivity contribution in [1.29, 1.82) is 0 Å². The van der Waals surface area contributed by atoms with Crippen molar-refractivity contribution in [2.45, 2.75) is 38.3 Å². The van der Waals surface area contributed by atoms with E-state index in [2.05, 4.69) is 48.5 Å². The molecule has 0 spiro atoms. The molecule has 20 heavy (non-hydrogen) atoms. The predicted molar refractivity (Wildman–Crippen MR) is 82.1 cm³/mol. The molecule has 2 aliphatic rings. The monoisotopic (exact) mass is 274 g/mol. The molecule has 0 radical (unpaired) electrons. The van der Waals surface area contributed by atoms with Crippen LogP contribution in [0, 0.1) is 5.92 Å². The average Bonchev–Trinajstić information content (AvgIpc) is 2.95. The fraction of sp³-hybridized carbons (Fsp3) is 0.647.